The number of aliphatic hydroxyl groups is 1. The molecule has 1 aromatic heterocycles. The quantitative estimate of drug-likeness (QED) is 0.575. The average Bonchev–Trinajstić information content (AvgIpc) is 2.48. The lowest BCUT2D eigenvalue weighted by atomic mass is 10.1. The van der Waals surface area contributed by atoms with Gasteiger partial charge in [0.25, 0.3) is 5.91 Å². The molecular formula is C15H20N2O3. The topological polar surface area (TPSA) is 71.5 Å². The Balaban J connectivity index is 2.47. The monoisotopic (exact) mass is 276 g/mol. The number of unbranched alkanes of at least 4 members (excludes halogenated alkanes) is 1. The minimum Gasteiger partial charge on any atom is -0.384 e. The van der Waals surface area contributed by atoms with Gasteiger partial charge in [-0.3, -0.25) is 9.78 Å². The molecule has 1 amide bonds. The highest BCUT2D eigenvalue weighted by Crippen LogP contribution is 2.05. The van der Waals surface area contributed by atoms with E-state index in [1.165, 1.54) is 12.4 Å². The Morgan fingerprint density at radius 3 is 3.10 bits per heavy atom. The number of aliphatic hydroxyl groups excluding tert-OH is 1. The summed E-state index contributed by atoms with van der Waals surface area (Å²) in [4.78, 5) is 15.9. The minimum atomic E-state index is -0.249. The average molecular weight is 276 g/mol. The van der Waals surface area contributed by atoms with Crippen molar-refractivity contribution in [2.75, 3.05) is 26.4 Å². The highest BCUT2D eigenvalue weighted by Gasteiger charge is 2.09. The van der Waals surface area contributed by atoms with Crippen molar-refractivity contribution < 1.29 is 14.6 Å². The Hall–Kier alpha value is -1.90. The Bertz CT molecular complexity index is 477. The number of hydrogen-bond donors (Lipinski definition) is 2. The zero-order valence-corrected chi connectivity index (χ0v) is 11.7. The largest absolute Gasteiger partial charge is 0.384 e. The van der Waals surface area contributed by atoms with Crippen LogP contribution in [-0.4, -0.2) is 42.4 Å². The molecule has 0 aromatic carbocycles. The molecule has 0 spiro atoms. The minimum absolute atomic E-state index is 0.214. The zero-order valence-electron chi connectivity index (χ0n) is 11.7. The Labute approximate surface area is 119 Å². The molecule has 0 aliphatic heterocycles. The standard InChI is InChI=1S/C15H20N2O3/c1-2-3-10-20-11-8-17-15(19)14-6-7-16-12-13(14)5-4-9-18/h6-7,12,18H,2-3,8-11H2,1H3,(H,17,19). The summed E-state index contributed by atoms with van der Waals surface area (Å²) in [6, 6.07) is 1.61. The van der Waals surface area contributed by atoms with Gasteiger partial charge in [-0.1, -0.05) is 25.2 Å². The van der Waals surface area contributed by atoms with Gasteiger partial charge in [-0.15, -0.1) is 0 Å². The second kappa shape index (κ2) is 9.96. The maximum Gasteiger partial charge on any atom is 0.252 e. The lowest BCUT2D eigenvalue weighted by Crippen LogP contribution is -2.28. The fourth-order valence-electron chi connectivity index (χ4n) is 1.51. The van der Waals surface area contributed by atoms with Gasteiger partial charge in [0.15, 0.2) is 0 Å². The molecule has 0 atom stereocenters. The SMILES string of the molecule is CCCCOCCNC(=O)c1ccncc1C#CCO. The van der Waals surface area contributed by atoms with Crippen LogP contribution >= 0.6 is 0 Å². The van der Waals surface area contributed by atoms with Gasteiger partial charge in [0.05, 0.1) is 17.7 Å². The van der Waals surface area contributed by atoms with E-state index in [0.717, 1.165) is 19.4 Å². The molecule has 0 bridgehead atoms. The summed E-state index contributed by atoms with van der Waals surface area (Å²) in [5.74, 6) is 5.00. The number of carbonyl (C=O) groups excluding carboxylic acids is 1. The van der Waals surface area contributed by atoms with Crippen molar-refractivity contribution in [3.8, 4) is 11.8 Å². The Morgan fingerprint density at radius 2 is 2.35 bits per heavy atom. The molecule has 0 radical (unpaired) electrons. The van der Waals surface area contributed by atoms with Crippen LogP contribution in [-0.2, 0) is 4.74 Å². The predicted molar refractivity (Wildman–Crippen MR) is 76.3 cm³/mol. The first-order valence-electron chi connectivity index (χ1n) is 6.69. The molecule has 0 unspecified atom stereocenters. The molecule has 108 valence electrons. The lowest BCUT2D eigenvalue weighted by molar-refractivity contribution is 0.0912. The van der Waals surface area contributed by atoms with Crippen molar-refractivity contribution in [3.05, 3.63) is 29.6 Å². The Morgan fingerprint density at radius 1 is 1.50 bits per heavy atom. The maximum atomic E-state index is 12.0. The van der Waals surface area contributed by atoms with Gasteiger partial charge in [-0.05, 0) is 12.5 Å². The molecule has 0 saturated carbocycles. The zero-order chi connectivity index (χ0) is 14.6. The third-order valence-electron chi connectivity index (χ3n) is 2.54. The van der Waals surface area contributed by atoms with E-state index in [-0.39, 0.29) is 12.5 Å². The molecule has 1 heterocycles. The molecule has 1 aromatic rings. The first-order chi connectivity index (χ1) is 9.79. The number of nitrogens with zero attached hydrogens (tertiary/aromatic N) is 1. The number of rotatable bonds is 7. The van der Waals surface area contributed by atoms with E-state index in [1.54, 1.807) is 6.07 Å². The molecule has 0 aliphatic rings. The summed E-state index contributed by atoms with van der Waals surface area (Å²) >= 11 is 0. The van der Waals surface area contributed by atoms with E-state index < -0.39 is 0 Å². The maximum absolute atomic E-state index is 12.0. The summed E-state index contributed by atoms with van der Waals surface area (Å²) in [6.45, 7) is 3.52. The van der Waals surface area contributed by atoms with E-state index in [4.69, 9.17) is 9.84 Å². The van der Waals surface area contributed by atoms with Crippen LogP contribution in [0.3, 0.4) is 0 Å². The lowest BCUT2D eigenvalue weighted by Gasteiger charge is -2.07. The van der Waals surface area contributed by atoms with Crippen LogP contribution < -0.4 is 5.32 Å². The van der Waals surface area contributed by atoms with Crippen molar-refractivity contribution in [1.29, 1.82) is 0 Å². The Kier molecular flexibility index (Phi) is 8.04. The molecule has 2 N–H and O–H groups in total. The van der Waals surface area contributed by atoms with Crippen LogP contribution in [0.2, 0.25) is 0 Å². The van der Waals surface area contributed by atoms with E-state index in [9.17, 15) is 4.79 Å². The number of hydrogen-bond acceptors (Lipinski definition) is 4. The summed E-state index contributed by atoms with van der Waals surface area (Å²) in [5, 5.41) is 11.5. The number of amides is 1. The van der Waals surface area contributed by atoms with Crippen molar-refractivity contribution in [2.24, 2.45) is 0 Å². The van der Waals surface area contributed by atoms with Crippen molar-refractivity contribution in [1.82, 2.24) is 10.3 Å². The van der Waals surface area contributed by atoms with E-state index in [0.29, 0.717) is 24.3 Å². The van der Waals surface area contributed by atoms with Crippen LogP contribution in [0, 0.1) is 11.8 Å². The molecular weight excluding hydrogens is 256 g/mol. The van der Waals surface area contributed by atoms with E-state index in [1.807, 2.05) is 0 Å². The highest BCUT2D eigenvalue weighted by atomic mass is 16.5. The third kappa shape index (κ3) is 5.83. The predicted octanol–water partition coefficient (Wildman–Crippen LogP) is 0.972. The first-order valence-corrected chi connectivity index (χ1v) is 6.69. The van der Waals surface area contributed by atoms with Gasteiger partial charge >= 0.3 is 0 Å². The van der Waals surface area contributed by atoms with Crippen molar-refractivity contribution >= 4 is 5.91 Å². The van der Waals surface area contributed by atoms with Gasteiger partial charge < -0.3 is 15.2 Å². The molecule has 0 fully saturated rings. The molecule has 1 rings (SSSR count). The second-order valence-electron chi connectivity index (χ2n) is 4.10. The fourth-order valence-corrected chi connectivity index (χ4v) is 1.51. The third-order valence-corrected chi connectivity index (χ3v) is 2.54. The molecule has 5 nitrogen and oxygen atoms in total. The highest BCUT2D eigenvalue weighted by molar-refractivity contribution is 5.96. The van der Waals surface area contributed by atoms with E-state index in [2.05, 4.69) is 29.1 Å². The van der Waals surface area contributed by atoms with Crippen molar-refractivity contribution in [3.63, 3.8) is 0 Å². The van der Waals surface area contributed by atoms with Crippen LogP contribution in [0.1, 0.15) is 35.7 Å². The van der Waals surface area contributed by atoms with E-state index >= 15 is 0 Å². The normalized spacial score (nSPS) is 9.70. The van der Waals surface area contributed by atoms with Crippen LogP contribution in [0.5, 0.6) is 0 Å². The number of aromatic nitrogens is 1. The fraction of sp³-hybridized carbons (Fsp3) is 0.467. The second-order valence-corrected chi connectivity index (χ2v) is 4.10. The van der Waals surface area contributed by atoms with Gasteiger partial charge in [-0.2, -0.15) is 0 Å². The molecule has 20 heavy (non-hydrogen) atoms. The summed E-state index contributed by atoms with van der Waals surface area (Å²) in [7, 11) is 0. The molecule has 5 heteroatoms. The number of nitrogens with one attached hydrogen (secondary N) is 1. The summed E-state index contributed by atoms with van der Waals surface area (Å²) < 4.78 is 5.37. The van der Waals surface area contributed by atoms with Gasteiger partial charge in [-0.25, -0.2) is 0 Å². The molecule has 0 saturated heterocycles. The number of ether oxygens (including phenoxy) is 1. The van der Waals surface area contributed by atoms with Gasteiger partial charge in [0.2, 0.25) is 0 Å². The van der Waals surface area contributed by atoms with Crippen molar-refractivity contribution in [2.45, 2.75) is 19.8 Å². The van der Waals surface area contributed by atoms with Crippen LogP contribution in [0.15, 0.2) is 18.5 Å². The molecule has 0 aliphatic carbocycles. The van der Waals surface area contributed by atoms with Gasteiger partial charge in [0, 0.05) is 25.5 Å². The summed E-state index contributed by atoms with van der Waals surface area (Å²) in [5.41, 5.74) is 0.959. The first kappa shape index (κ1) is 16.2. The van der Waals surface area contributed by atoms with Crippen LogP contribution in [0.25, 0.3) is 0 Å². The van der Waals surface area contributed by atoms with Crippen LogP contribution in [0.4, 0.5) is 0 Å². The summed E-state index contributed by atoms with van der Waals surface area (Å²) in [6.07, 6.45) is 5.17. The van der Waals surface area contributed by atoms with Gasteiger partial charge in [0.1, 0.15) is 6.61 Å². The number of pyridine rings is 1. The smallest absolute Gasteiger partial charge is 0.252 e. The number of carbonyl (C=O) groups is 1.